The first-order valence-corrected chi connectivity index (χ1v) is 8.69. The molecule has 0 saturated carbocycles. The van der Waals surface area contributed by atoms with E-state index in [1.807, 2.05) is 0 Å². The van der Waals surface area contributed by atoms with E-state index in [9.17, 15) is 18.0 Å². The zero-order valence-corrected chi connectivity index (χ0v) is 15.6. The van der Waals surface area contributed by atoms with Crippen molar-refractivity contribution < 1.29 is 27.2 Å². The number of carbonyl (C=O) groups is 1. The fourth-order valence-corrected chi connectivity index (χ4v) is 2.16. The molecule has 26 heavy (non-hydrogen) atoms. The summed E-state index contributed by atoms with van der Waals surface area (Å²) in [6, 6.07) is 0. The highest BCUT2D eigenvalue weighted by Gasteiger charge is 2.27. The van der Waals surface area contributed by atoms with Gasteiger partial charge in [0.1, 0.15) is 5.60 Å². The van der Waals surface area contributed by atoms with Gasteiger partial charge >= 0.3 is 5.97 Å². The van der Waals surface area contributed by atoms with Crippen LogP contribution >= 0.6 is 0 Å². The van der Waals surface area contributed by atoms with Crippen LogP contribution in [0.1, 0.15) is 64.6 Å². The summed E-state index contributed by atoms with van der Waals surface area (Å²) in [6.07, 6.45) is 2.54. The van der Waals surface area contributed by atoms with Gasteiger partial charge in [-0.05, 0) is 33.6 Å². The molecule has 0 radical (unpaired) electrons. The average Bonchev–Trinajstić information content (AvgIpc) is 2.96. The van der Waals surface area contributed by atoms with Gasteiger partial charge in [-0.25, -0.2) is 18.0 Å². The van der Waals surface area contributed by atoms with Crippen molar-refractivity contribution in [3.05, 3.63) is 23.9 Å². The van der Waals surface area contributed by atoms with E-state index in [4.69, 9.17) is 9.26 Å². The predicted molar refractivity (Wildman–Crippen MR) is 90.7 cm³/mol. The second kappa shape index (κ2) is 9.73. The number of hydrogen-bond acceptors (Lipinski definition) is 5. The van der Waals surface area contributed by atoms with Gasteiger partial charge in [0.05, 0.1) is 6.42 Å². The molecule has 0 N–H and O–H groups in total. The Morgan fingerprint density at radius 2 is 1.85 bits per heavy atom. The van der Waals surface area contributed by atoms with Gasteiger partial charge in [-0.3, -0.25) is 0 Å². The maximum atomic E-state index is 12.7. The monoisotopic (exact) mass is 376 g/mol. The first kappa shape index (κ1) is 22.2. The van der Waals surface area contributed by atoms with Crippen molar-refractivity contribution in [1.29, 1.82) is 0 Å². The van der Waals surface area contributed by atoms with Crippen molar-refractivity contribution >= 4 is 5.97 Å². The van der Waals surface area contributed by atoms with E-state index in [2.05, 4.69) is 16.7 Å². The first-order chi connectivity index (χ1) is 12.0. The van der Waals surface area contributed by atoms with Crippen molar-refractivity contribution in [3.63, 3.8) is 0 Å². The van der Waals surface area contributed by atoms with Crippen LogP contribution in [-0.4, -0.2) is 34.3 Å². The number of unbranched alkanes of at least 4 members (excludes halogenated alkanes) is 3. The maximum Gasteiger partial charge on any atom is 0.334 e. The molecular weight excluding hydrogens is 349 g/mol. The molecule has 1 rings (SSSR count). The summed E-state index contributed by atoms with van der Waals surface area (Å²) in [5, 5.41) is 3.82. The maximum absolute atomic E-state index is 12.7. The topological polar surface area (TPSA) is 65.2 Å². The summed E-state index contributed by atoms with van der Waals surface area (Å²) in [5.74, 6) is -2.95. The zero-order valence-electron chi connectivity index (χ0n) is 15.6. The Morgan fingerprint density at radius 3 is 2.46 bits per heavy atom. The first-order valence-electron chi connectivity index (χ1n) is 8.69. The van der Waals surface area contributed by atoms with Crippen LogP contribution in [0.2, 0.25) is 0 Å². The molecule has 1 heterocycles. The lowest BCUT2D eigenvalue weighted by molar-refractivity contribution is -0.150. The van der Waals surface area contributed by atoms with Gasteiger partial charge < -0.3 is 9.26 Å². The Bertz CT molecular complexity index is 595. The highest BCUT2D eigenvalue weighted by Crippen LogP contribution is 2.22. The van der Waals surface area contributed by atoms with Crippen molar-refractivity contribution in [2.45, 2.75) is 77.2 Å². The van der Waals surface area contributed by atoms with Crippen LogP contribution < -0.4 is 0 Å². The van der Waals surface area contributed by atoms with Gasteiger partial charge in [0.2, 0.25) is 5.89 Å². The van der Waals surface area contributed by atoms with Gasteiger partial charge in [0.25, 0.3) is 5.92 Å². The van der Waals surface area contributed by atoms with Crippen molar-refractivity contribution in [2.24, 2.45) is 0 Å². The summed E-state index contributed by atoms with van der Waals surface area (Å²) in [4.78, 5) is 16.0. The Kier molecular flexibility index (Phi) is 8.30. The Balaban J connectivity index is 2.29. The molecule has 0 bridgehead atoms. The van der Waals surface area contributed by atoms with E-state index < -0.39 is 30.6 Å². The van der Waals surface area contributed by atoms with E-state index in [1.165, 1.54) is 0 Å². The lowest BCUT2D eigenvalue weighted by Gasteiger charge is -2.19. The molecule has 0 atom stereocenters. The van der Waals surface area contributed by atoms with Crippen LogP contribution in [0.25, 0.3) is 0 Å². The van der Waals surface area contributed by atoms with E-state index in [1.54, 1.807) is 20.8 Å². The molecule has 5 nitrogen and oxygen atoms in total. The Hall–Kier alpha value is -1.86. The summed E-state index contributed by atoms with van der Waals surface area (Å²) in [5.41, 5.74) is -0.377. The molecule has 0 unspecified atom stereocenters. The summed E-state index contributed by atoms with van der Waals surface area (Å²) >= 11 is 0. The SMILES string of the molecule is C=C(Cc1nc(CCCCCCC(F)(F)CF)no1)C(=O)OC(C)(C)C. The normalized spacial score (nSPS) is 12.2. The molecule has 0 fully saturated rings. The summed E-state index contributed by atoms with van der Waals surface area (Å²) < 4.78 is 47.7. The molecule has 0 aliphatic carbocycles. The van der Waals surface area contributed by atoms with Crippen LogP contribution in [0.3, 0.4) is 0 Å². The highest BCUT2D eigenvalue weighted by atomic mass is 19.3. The third-order valence-corrected chi connectivity index (χ3v) is 3.45. The average molecular weight is 376 g/mol. The zero-order chi connectivity index (χ0) is 19.8. The van der Waals surface area contributed by atoms with Crippen molar-refractivity contribution in [3.8, 4) is 0 Å². The van der Waals surface area contributed by atoms with E-state index in [-0.39, 0.29) is 24.3 Å². The Morgan fingerprint density at radius 1 is 1.19 bits per heavy atom. The minimum absolute atomic E-state index is 0.111. The van der Waals surface area contributed by atoms with E-state index in [0.717, 1.165) is 6.42 Å². The molecular formula is C18H27F3N2O3. The highest BCUT2D eigenvalue weighted by molar-refractivity contribution is 5.88. The number of esters is 1. The predicted octanol–water partition coefficient (Wildman–Crippen LogP) is 4.61. The van der Waals surface area contributed by atoms with Crippen LogP contribution in [0.15, 0.2) is 16.7 Å². The molecule has 148 valence electrons. The molecule has 0 spiro atoms. The second-order valence-corrected chi connectivity index (χ2v) is 7.29. The van der Waals surface area contributed by atoms with Crippen molar-refractivity contribution in [2.75, 3.05) is 6.67 Å². The van der Waals surface area contributed by atoms with Crippen LogP contribution in [0.5, 0.6) is 0 Å². The van der Waals surface area contributed by atoms with Gasteiger partial charge in [-0.2, -0.15) is 4.98 Å². The number of ether oxygens (including phenoxy) is 1. The molecule has 8 heteroatoms. The largest absolute Gasteiger partial charge is 0.457 e. The van der Waals surface area contributed by atoms with E-state index in [0.29, 0.717) is 25.1 Å². The molecule has 0 amide bonds. The van der Waals surface area contributed by atoms with Gasteiger partial charge in [0.15, 0.2) is 12.5 Å². The third-order valence-electron chi connectivity index (χ3n) is 3.45. The quantitative estimate of drug-likeness (QED) is 0.321. The van der Waals surface area contributed by atoms with Crippen LogP contribution in [-0.2, 0) is 22.4 Å². The standard InChI is InChI=1S/C18H27F3N2O3/c1-13(16(24)25-17(2,3)4)11-15-22-14(23-26-15)9-7-5-6-8-10-18(20,21)12-19/h1,5-12H2,2-4H3. The number of rotatable bonds is 11. The lowest BCUT2D eigenvalue weighted by atomic mass is 10.1. The van der Waals surface area contributed by atoms with Gasteiger partial charge in [-0.1, -0.05) is 24.6 Å². The second-order valence-electron chi connectivity index (χ2n) is 7.29. The number of hydrogen-bond donors (Lipinski definition) is 0. The molecule has 0 aliphatic rings. The summed E-state index contributed by atoms with van der Waals surface area (Å²) in [7, 11) is 0. The summed E-state index contributed by atoms with van der Waals surface area (Å²) in [6.45, 7) is 7.37. The third kappa shape index (κ3) is 9.01. The van der Waals surface area contributed by atoms with Gasteiger partial charge in [0, 0.05) is 18.4 Å². The Labute approximate surface area is 152 Å². The number of alkyl halides is 3. The fourth-order valence-electron chi connectivity index (χ4n) is 2.16. The molecule has 0 aromatic carbocycles. The minimum Gasteiger partial charge on any atom is -0.457 e. The lowest BCUT2D eigenvalue weighted by Crippen LogP contribution is -2.25. The molecule has 0 saturated heterocycles. The minimum atomic E-state index is -3.21. The van der Waals surface area contributed by atoms with Crippen LogP contribution in [0.4, 0.5) is 13.2 Å². The molecule has 1 aromatic heterocycles. The van der Waals surface area contributed by atoms with E-state index >= 15 is 0 Å². The number of aromatic nitrogens is 2. The molecule has 0 aliphatic heterocycles. The number of carbonyl (C=O) groups excluding carboxylic acids is 1. The number of nitrogens with zero attached hydrogens (tertiary/aromatic N) is 2. The van der Waals surface area contributed by atoms with Crippen molar-refractivity contribution in [1.82, 2.24) is 10.1 Å². The fraction of sp³-hybridized carbons (Fsp3) is 0.722. The number of aryl methyl sites for hydroxylation is 1. The molecule has 1 aromatic rings. The number of halogens is 3. The smallest absolute Gasteiger partial charge is 0.334 e. The van der Waals surface area contributed by atoms with Gasteiger partial charge in [-0.15, -0.1) is 0 Å². The van der Waals surface area contributed by atoms with Crippen LogP contribution in [0, 0.1) is 0 Å².